The number of nitrogens with one attached hydrogen (secondary N) is 1. The zero-order chi connectivity index (χ0) is 22.7. The largest absolute Gasteiger partial charge is 0.469 e. The molecule has 2 heterocycles. The molecule has 4 aromatic rings. The number of esters is 1. The maximum absolute atomic E-state index is 13.2. The molecule has 0 bridgehead atoms. The van der Waals surface area contributed by atoms with Gasteiger partial charge in [0.25, 0.3) is 5.91 Å². The zero-order valence-corrected chi connectivity index (χ0v) is 17.8. The second-order valence-corrected chi connectivity index (χ2v) is 7.40. The van der Waals surface area contributed by atoms with Crippen LogP contribution in [-0.2, 0) is 16.0 Å². The van der Waals surface area contributed by atoms with Crippen molar-refractivity contribution in [2.24, 2.45) is 5.73 Å². The van der Waals surface area contributed by atoms with E-state index in [1.165, 1.54) is 7.11 Å². The molecule has 0 saturated heterocycles. The van der Waals surface area contributed by atoms with Crippen LogP contribution >= 0.6 is 0 Å². The summed E-state index contributed by atoms with van der Waals surface area (Å²) >= 11 is 0. The number of nitrogens with zero attached hydrogens (tertiary/aromatic N) is 3. The minimum absolute atomic E-state index is 0.0482. The van der Waals surface area contributed by atoms with Gasteiger partial charge < -0.3 is 15.8 Å². The average molecular weight is 429 g/mol. The first-order chi connectivity index (χ1) is 15.5. The molecule has 0 aliphatic carbocycles. The molecule has 3 N–H and O–H groups in total. The molecule has 8 nitrogen and oxygen atoms in total. The number of benzene rings is 2. The van der Waals surface area contributed by atoms with Gasteiger partial charge in [0, 0.05) is 23.5 Å². The normalized spacial score (nSPS) is 11.8. The van der Waals surface area contributed by atoms with Crippen molar-refractivity contribution in [3.8, 4) is 11.4 Å². The fraction of sp³-hybridized carbons (Fsp3) is 0.167. The summed E-state index contributed by atoms with van der Waals surface area (Å²) in [7, 11) is 1.33. The van der Waals surface area contributed by atoms with E-state index in [0.717, 1.165) is 11.1 Å². The number of methoxy groups -OCH3 is 1. The van der Waals surface area contributed by atoms with E-state index in [1.54, 1.807) is 47.1 Å². The molecule has 0 saturated carbocycles. The number of fused-ring (bicyclic) bond motifs is 1. The molecule has 0 radical (unpaired) electrons. The summed E-state index contributed by atoms with van der Waals surface area (Å²) in [6.45, 7) is 1.90. The predicted octanol–water partition coefficient (Wildman–Crippen LogP) is 3.38. The van der Waals surface area contributed by atoms with Gasteiger partial charge in [0.1, 0.15) is 0 Å². The highest BCUT2D eigenvalue weighted by Crippen LogP contribution is 2.23. The summed E-state index contributed by atoms with van der Waals surface area (Å²) in [6, 6.07) is 18.2. The number of amides is 1. The number of rotatable bonds is 6. The molecule has 8 heteroatoms. The minimum Gasteiger partial charge on any atom is -0.469 e. The Morgan fingerprint density at radius 2 is 1.94 bits per heavy atom. The fourth-order valence-corrected chi connectivity index (χ4v) is 3.39. The lowest BCUT2D eigenvalue weighted by atomic mass is 10.1. The van der Waals surface area contributed by atoms with Crippen molar-refractivity contribution in [3.63, 3.8) is 0 Å². The number of anilines is 1. The summed E-state index contributed by atoms with van der Waals surface area (Å²) in [5.41, 5.74) is 9.68. The van der Waals surface area contributed by atoms with Crippen LogP contribution in [0.4, 0.5) is 5.69 Å². The summed E-state index contributed by atoms with van der Waals surface area (Å²) in [6.07, 6.45) is 1.81. The standard InChI is InChI=1S/C24H23N5O3/c1-15(25)16-8-5-9-18(13-16)23-27-22(20-11-6-12-29(20)28-23)24(31)26-19-10-4-3-7-17(19)14-21(30)32-2/h3-13,15H,14,25H2,1-2H3,(H,26,31)/t15-/m1/s1. The Bertz CT molecular complexity index is 1300. The van der Waals surface area contributed by atoms with Gasteiger partial charge in [0.05, 0.1) is 19.0 Å². The highest BCUT2D eigenvalue weighted by atomic mass is 16.5. The Kier molecular flexibility index (Phi) is 5.96. The van der Waals surface area contributed by atoms with E-state index in [-0.39, 0.29) is 24.1 Å². The van der Waals surface area contributed by atoms with Gasteiger partial charge in [0.2, 0.25) is 0 Å². The Hall–Kier alpha value is -4.04. The SMILES string of the molecule is COC(=O)Cc1ccccc1NC(=O)c1nc(-c2cccc([C@@H](C)N)c2)nn2cccc12. The van der Waals surface area contributed by atoms with E-state index in [1.807, 2.05) is 31.2 Å². The van der Waals surface area contributed by atoms with Crippen LogP contribution in [0.5, 0.6) is 0 Å². The number of hydrogen-bond donors (Lipinski definition) is 2. The van der Waals surface area contributed by atoms with E-state index in [0.29, 0.717) is 22.6 Å². The number of aromatic nitrogens is 3. The molecule has 0 aliphatic heterocycles. The van der Waals surface area contributed by atoms with Crippen LogP contribution in [0.15, 0.2) is 66.9 Å². The summed E-state index contributed by atoms with van der Waals surface area (Å²) in [5, 5.41) is 7.42. The molecule has 2 aromatic heterocycles. The number of ether oxygens (including phenoxy) is 1. The first-order valence-electron chi connectivity index (χ1n) is 10.1. The van der Waals surface area contributed by atoms with E-state index in [4.69, 9.17) is 10.5 Å². The number of carbonyl (C=O) groups excluding carboxylic acids is 2. The Labute approximate surface area is 185 Å². The van der Waals surface area contributed by atoms with Crippen LogP contribution in [0.2, 0.25) is 0 Å². The molecule has 0 unspecified atom stereocenters. The van der Waals surface area contributed by atoms with Gasteiger partial charge in [-0.3, -0.25) is 9.59 Å². The molecule has 0 aliphatic rings. The predicted molar refractivity (Wildman–Crippen MR) is 121 cm³/mol. The second-order valence-electron chi connectivity index (χ2n) is 7.40. The zero-order valence-electron chi connectivity index (χ0n) is 17.8. The van der Waals surface area contributed by atoms with Gasteiger partial charge in [0.15, 0.2) is 11.5 Å². The smallest absolute Gasteiger partial charge is 0.310 e. The molecule has 2 aromatic carbocycles. The summed E-state index contributed by atoms with van der Waals surface area (Å²) < 4.78 is 6.37. The molecule has 162 valence electrons. The van der Waals surface area contributed by atoms with Gasteiger partial charge in [-0.15, -0.1) is 5.10 Å². The van der Waals surface area contributed by atoms with Crippen LogP contribution in [0.3, 0.4) is 0 Å². The van der Waals surface area contributed by atoms with Gasteiger partial charge in [-0.1, -0.05) is 36.4 Å². The monoisotopic (exact) mass is 429 g/mol. The second kappa shape index (κ2) is 8.99. The number of nitrogens with two attached hydrogens (primary N) is 1. The van der Waals surface area contributed by atoms with Gasteiger partial charge in [-0.2, -0.15) is 0 Å². The molecule has 1 atom stereocenters. The maximum Gasteiger partial charge on any atom is 0.310 e. The maximum atomic E-state index is 13.2. The van der Waals surface area contributed by atoms with Gasteiger partial charge in [-0.25, -0.2) is 9.50 Å². The summed E-state index contributed by atoms with van der Waals surface area (Å²) in [5.74, 6) is -0.388. The lowest BCUT2D eigenvalue weighted by molar-refractivity contribution is -0.139. The molecule has 0 spiro atoms. The van der Waals surface area contributed by atoms with E-state index >= 15 is 0 Å². The van der Waals surface area contributed by atoms with E-state index in [9.17, 15) is 9.59 Å². The average Bonchev–Trinajstić information content (AvgIpc) is 3.28. The van der Waals surface area contributed by atoms with Gasteiger partial charge in [-0.05, 0) is 42.3 Å². The van der Waals surface area contributed by atoms with Gasteiger partial charge >= 0.3 is 5.97 Å². The lowest BCUT2D eigenvalue weighted by Gasteiger charge is -2.12. The highest BCUT2D eigenvalue weighted by molar-refractivity contribution is 6.08. The quantitative estimate of drug-likeness (QED) is 0.455. The van der Waals surface area contributed by atoms with Crippen LogP contribution in [0.25, 0.3) is 16.9 Å². The molecule has 32 heavy (non-hydrogen) atoms. The first-order valence-corrected chi connectivity index (χ1v) is 10.1. The van der Waals surface area contributed by atoms with Crippen LogP contribution in [0.1, 0.15) is 34.6 Å². The number of para-hydroxylation sites is 1. The number of hydrogen-bond acceptors (Lipinski definition) is 6. The van der Waals surface area contributed by atoms with Crippen molar-refractivity contribution in [2.75, 3.05) is 12.4 Å². The van der Waals surface area contributed by atoms with Crippen LogP contribution < -0.4 is 11.1 Å². The molecule has 1 amide bonds. The molecular weight excluding hydrogens is 406 g/mol. The number of carbonyl (C=O) groups is 2. The molecular formula is C24H23N5O3. The van der Waals surface area contributed by atoms with Crippen LogP contribution in [0, 0.1) is 0 Å². The highest BCUT2D eigenvalue weighted by Gasteiger charge is 2.18. The minimum atomic E-state index is -0.405. The fourth-order valence-electron chi connectivity index (χ4n) is 3.39. The van der Waals surface area contributed by atoms with Crippen molar-refractivity contribution in [2.45, 2.75) is 19.4 Å². The molecule has 0 fully saturated rings. The van der Waals surface area contributed by atoms with Crippen molar-refractivity contribution < 1.29 is 14.3 Å². The van der Waals surface area contributed by atoms with Crippen molar-refractivity contribution in [1.29, 1.82) is 0 Å². The van der Waals surface area contributed by atoms with E-state index < -0.39 is 5.91 Å². The topological polar surface area (TPSA) is 112 Å². The van der Waals surface area contributed by atoms with Crippen LogP contribution in [-0.4, -0.2) is 33.6 Å². The lowest BCUT2D eigenvalue weighted by Crippen LogP contribution is -2.18. The molecule has 4 rings (SSSR count). The van der Waals surface area contributed by atoms with Crippen molar-refractivity contribution >= 4 is 23.1 Å². The Balaban J connectivity index is 1.72. The third kappa shape index (κ3) is 4.35. The van der Waals surface area contributed by atoms with E-state index in [2.05, 4.69) is 15.4 Å². The third-order valence-corrected chi connectivity index (χ3v) is 5.10. The third-order valence-electron chi connectivity index (χ3n) is 5.10. The van der Waals surface area contributed by atoms with Crippen molar-refractivity contribution in [1.82, 2.24) is 14.6 Å². The Morgan fingerprint density at radius 3 is 2.72 bits per heavy atom. The Morgan fingerprint density at radius 1 is 1.12 bits per heavy atom. The van der Waals surface area contributed by atoms with Crippen molar-refractivity contribution in [3.05, 3.63) is 83.7 Å². The first kappa shape index (κ1) is 21.2. The summed E-state index contributed by atoms with van der Waals surface area (Å²) in [4.78, 5) is 29.6.